The van der Waals surface area contributed by atoms with Gasteiger partial charge in [0.2, 0.25) is 0 Å². The van der Waals surface area contributed by atoms with E-state index in [0.717, 1.165) is 17.1 Å². The number of ether oxygens (including phenoxy) is 1. The Morgan fingerprint density at radius 2 is 1.95 bits per heavy atom. The van der Waals surface area contributed by atoms with Gasteiger partial charge in [0, 0.05) is 25.3 Å². The average Bonchev–Trinajstić information content (AvgIpc) is 2.47. The van der Waals surface area contributed by atoms with Crippen LogP contribution in [0, 0.1) is 0 Å². The van der Waals surface area contributed by atoms with E-state index in [4.69, 9.17) is 27.9 Å². The Labute approximate surface area is 128 Å². The number of aromatic nitrogens is 2. The fourth-order valence-electron chi connectivity index (χ4n) is 1.69. The molecule has 0 saturated heterocycles. The van der Waals surface area contributed by atoms with Gasteiger partial charge in [0.25, 0.3) is 0 Å². The minimum Gasteiger partial charge on any atom is -0.374 e. The summed E-state index contributed by atoms with van der Waals surface area (Å²) in [6.45, 7) is 2.93. The summed E-state index contributed by atoms with van der Waals surface area (Å²) in [7, 11) is 1.81. The molecule has 0 aliphatic carbocycles. The normalized spacial score (nSPS) is 10.6. The van der Waals surface area contributed by atoms with Gasteiger partial charge in [0.15, 0.2) is 5.82 Å². The first-order valence-corrected chi connectivity index (χ1v) is 6.98. The first kappa shape index (κ1) is 15.0. The quantitative estimate of drug-likeness (QED) is 0.905. The van der Waals surface area contributed by atoms with Crippen LogP contribution in [0.2, 0.25) is 10.0 Å². The van der Waals surface area contributed by atoms with Crippen LogP contribution in [0.25, 0.3) is 11.3 Å². The fraction of sp³-hybridized carbons (Fsp3) is 0.286. The van der Waals surface area contributed by atoms with Crippen molar-refractivity contribution in [2.75, 3.05) is 19.0 Å². The van der Waals surface area contributed by atoms with E-state index in [2.05, 4.69) is 15.3 Å². The highest BCUT2D eigenvalue weighted by molar-refractivity contribution is 6.42. The minimum atomic E-state index is 0.375. The Balaban J connectivity index is 2.41. The molecule has 0 unspecified atom stereocenters. The monoisotopic (exact) mass is 311 g/mol. The maximum absolute atomic E-state index is 6.05. The van der Waals surface area contributed by atoms with E-state index in [1.165, 1.54) is 0 Å². The number of halogens is 2. The zero-order chi connectivity index (χ0) is 14.5. The zero-order valence-corrected chi connectivity index (χ0v) is 12.8. The van der Waals surface area contributed by atoms with Crippen LogP contribution < -0.4 is 5.32 Å². The maximum atomic E-state index is 6.05. The SMILES string of the molecule is CCOCc1nc(NC)cc(-c2ccc(Cl)c(Cl)c2)n1. The van der Waals surface area contributed by atoms with Crippen LogP contribution in [0.15, 0.2) is 24.3 Å². The molecule has 2 rings (SSSR count). The number of anilines is 1. The molecule has 0 atom stereocenters. The zero-order valence-electron chi connectivity index (χ0n) is 11.3. The highest BCUT2D eigenvalue weighted by Crippen LogP contribution is 2.28. The molecule has 0 radical (unpaired) electrons. The van der Waals surface area contributed by atoms with Crippen LogP contribution >= 0.6 is 23.2 Å². The van der Waals surface area contributed by atoms with Crippen molar-refractivity contribution in [3.05, 3.63) is 40.1 Å². The number of nitrogens with one attached hydrogen (secondary N) is 1. The van der Waals surface area contributed by atoms with Gasteiger partial charge in [-0.25, -0.2) is 9.97 Å². The molecule has 1 N–H and O–H groups in total. The molecule has 0 spiro atoms. The molecule has 2 aromatic rings. The summed E-state index contributed by atoms with van der Waals surface area (Å²) in [5.74, 6) is 1.36. The highest BCUT2D eigenvalue weighted by atomic mass is 35.5. The molecule has 0 bridgehead atoms. The summed E-state index contributed by atoms with van der Waals surface area (Å²) in [6.07, 6.45) is 0. The molecule has 106 valence electrons. The second kappa shape index (κ2) is 6.88. The van der Waals surface area contributed by atoms with Gasteiger partial charge in [-0.15, -0.1) is 0 Å². The highest BCUT2D eigenvalue weighted by Gasteiger charge is 2.08. The Kier molecular flexibility index (Phi) is 5.17. The van der Waals surface area contributed by atoms with Gasteiger partial charge in [0.05, 0.1) is 15.7 Å². The molecular weight excluding hydrogens is 297 g/mol. The lowest BCUT2D eigenvalue weighted by Gasteiger charge is -2.08. The molecule has 0 aliphatic heterocycles. The number of hydrogen-bond donors (Lipinski definition) is 1. The van der Waals surface area contributed by atoms with Crippen molar-refractivity contribution < 1.29 is 4.74 Å². The topological polar surface area (TPSA) is 47.0 Å². The molecule has 1 aromatic heterocycles. The van der Waals surface area contributed by atoms with E-state index in [-0.39, 0.29) is 0 Å². The summed E-state index contributed by atoms with van der Waals surface area (Å²) < 4.78 is 5.35. The third-order valence-corrected chi connectivity index (χ3v) is 3.42. The van der Waals surface area contributed by atoms with Gasteiger partial charge in [-0.1, -0.05) is 29.3 Å². The second-order valence-corrected chi connectivity index (χ2v) is 4.89. The van der Waals surface area contributed by atoms with Crippen LogP contribution in [-0.4, -0.2) is 23.6 Å². The molecule has 20 heavy (non-hydrogen) atoms. The van der Waals surface area contributed by atoms with Crippen molar-refractivity contribution >= 4 is 29.0 Å². The van der Waals surface area contributed by atoms with E-state index in [1.807, 2.05) is 26.1 Å². The van der Waals surface area contributed by atoms with Crippen LogP contribution in [0.4, 0.5) is 5.82 Å². The molecule has 1 aromatic carbocycles. The van der Waals surface area contributed by atoms with Crippen LogP contribution in [0.1, 0.15) is 12.7 Å². The lowest BCUT2D eigenvalue weighted by atomic mass is 10.1. The van der Waals surface area contributed by atoms with Gasteiger partial charge >= 0.3 is 0 Å². The average molecular weight is 312 g/mol. The van der Waals surface area contributed by atoms with Crippen LogP contribution in [-0.2, 0) is 11.3 Å². The van der Waals surface area contributed by atoms with E-state index in [1.54, 1.807) is 12.1 Å². The first-order chi connectivity index (χ1) is 9.63. The Hall–Kier alpha value is -1.36. The third-order valence-electron chi connectivity index (χ3n) is 2.68. The molecule has 0 fully saturated rings. The lowest BCUT2D eigenvalue weighted by molar-refractivity contribution is 0.128. The first-order valence-electron chi connectivity index (χ1n) is 6.23. The number of rotatable bonds is 5. The van der Waals surface area contributed by atoms with Crippen molar-refractivity contribution in [1.29, 1.82) is 0 Å². The third kappa shape index (κ3) is 3.60. The Morgan fingerprint density at radius 3 is 2.60 bits per heavy atom. The molecular formula is C14H15Cl2N3O. The van der Waals surface area contributed by atoms with E-state index in [9.17, 15) is 0 Å². The second-order valence-electron chi connectivity index (χ2n) is 4.07. The predicted octanol–water partition coefficient (Wildman–Crippen LogP) is 4.03. The van der Waals surface area contributed by atoms with Gasteiger partial charge in [-0.3, -0.25) is 0 Å². The van der Waals surface area contributed by atoms with E-state index in [0.29, 0.717) is 29.1 Å². The van der Waals surface area contributed by atoms with Gasteiger partial charge in [0.1, 0.15) is 12.4 Å². The van der Waals surface area contributed by atoms with E-state index < -0.39 is 0 Å². The number of benzene rings is 1. The predicted molar refractivity (Wildman–Crippen MR) is 82.4 cm³/mol. The Bertz CT molecular complexity index is 605. The molecule has 1 heterocycles. The summed E-state index contributed by atoms with van der Waals surface area (Å²) in [5.41, 5.74) is 1.66. The number of hydrogen-bond acceptors (Lipinski definition) is 4. The molecule has 0 aliphatic rings. The summed E-state index contributed by atoms with van der Waals surface area (Å²) in [6, 6.07) is 7.27. The van der Waals surface area contributed by atoms with Crippen molar-refractivity contribution in [1.82, 2.24) is 9.97 Å². The largest absolute Gasteiger partial charge is 0.374 e. The van der Waals surface area contributed by atoms with E-state index >= 15 is 0 Å². The van der Waals surface area contributed by atoms with Crippen molar-refractivity contribution in [2.45, 2.75) is 13.5 Å². The van der Waals surface area contributed by atoms with Gasteiger partial charge in [-0.2, -0.15) is 0 Å². The molecule has 0 amide bonds. The van der Waals surface area contributed by atoms with Gasteiger partial charge in [-0.05, 0) is 19.1 Å². The number of nitrogens with zero attached hydrogens (tertiary/aromatic N) is 2. The molecule has 6 heteroatoms. The smallest absolute Gasteiger partial charge is 0.157 e. The Morgan fingerprint density at radius 1 is 1.15 bits per heavy atom. The summed E-state index contributed by atoms with van der Waals surface area (Å²) >= 11 is 12.0. The lowest BCUT2D eigenvalue weighted by Crippen LogP contribution is -2.04. The fourth-order valence-corrected chi connectivity index (χ4v) is 1.98. The van der Waals surface area contributed by atoms with Crippen LogP contribution in [0.5, 0.6) is 0 Å². The molecule has 0 saturated carbocycles. The maximum Gasteiger partial charge on any atom is 0.157 e. The molecule has 4 nitrogen and oxygen atoms in total. The van der Waals surface area contributed by atoms with Gasteiger partial charge < -0.3 is 10.1 Å². The summed E-state index contributed by atoms with van der Waals surface area (Å²) in [5, 5.41) is 4.04. The standard InChI is InChI=1S/C14H15Cl2N3O/c1-3-20-8-14-18-12(7-13(17-2)19-14)9-4-5-10(15)11(16)6-9/h4-7H,3,8H2,1-2H3,(H,17,18,19). The van der Waals surface area contributed by atoms with Crippen molar-refractivity contribution in [3.63, 3.8) is 0 Å². The van der Waals surface area contributed by atoms with Crippen molar-refractivity contribution in [3.8, 4) is 11.3 Å². The summed E-state index contributed by atoms with van der Waals surface area (Å²) in [4.78, 5) is 8.83. The van der Waals surface area contributed by atoms with Crippen LogP contribution in [0.3, 0.4) is 0 Å². The minimum absolute atomic E-state index is 0.375. The van der Waals surface area contributed by atoms with Crippen molar-refractivity contribution in [2.24, 2.45) is 0 Å².